The molecule has 156 valence electrons. The fourth-order valence-electron chi connectivity index (χ4n) is 3.22. The molecule has 0 radical (unpaired) electrons. The smallest absolute Gasteiger partial charge is 0.261 e. The molecule has 1 aromatic heterocycles. The zero-order chi connectivity index (χ0) is 22.0. The van der Waals surface area contributed by atoms with Crippen LogP contribution in [0.1, 0.15) is 15.9 Å². The molecule has 2 N–H and O–H groups in total. The molecule has 1 amide bonds. The fourth-order valence-corrected chi connectivity index (χ4v) is 4.78. The van der Waals surface area contributed by atoms with E-state index >= 15 is 0 Å². The van der Waals surface area contributed by atoms with Crippen molar-refractivity contribution in [2.75, 3.05) is 12.4 Å². The lowest BCUT2D eigenvalue weighted by atomic mass is 10.1. The van der Waals surface area contributed by atoms with Crippen molar-refractivity contribution in [1.29, 1.82) is 0 Å². The maximum Gasteiger partial charge on any atom is 0.261 e. The number of fused-ring (bicyclic) bond motifs is 1. The first-order valence-corrected chi connectivity index (χ1v) is 11.4. The highest BCUT2D eigenvalue weighted by molar-refractivity contribution is 9.10. The first kappa shape index (κ1) is 21.4. The number of hydrogen-bond acceptors (Lipinski definition) is 5. The summed E-state index contributed by atoms with van der Waals surface area (Å²) in [4.78, 5) is 17.5. The third-order valence-corrected chi connectivity index (χ3v) is 6.41. The molecular weight excluding hydrogens is 494 g/mol. The van der Waals surface area contributed by atoms with E-state index in [1.165, 1.54) is 0 Å². The number of carbonyl (C=O) groups excluding carboxylic acids is 1. The van der Waals surface area contributed by atoms with Crippen LogP contribution < -0.4 is 15.4 Å². The van der Waals surface area contributed by atoms with E-state index in [2.05, 4.69) is 26.6 Å². The van der Waals surface area contributed by atoms with Crippen LogP contribution in [0.25, 0.3) is 20.8 Å². The molecule has 0 fully saturated rings. The number of thiazole rings is 1. The van der Waals surface area contributed by atoms with Gasteiger partial charge in [0.15, 0.2) is 5.11 Å². The quantitative estimate of drug-likeness (QED) is 0.320. The van der Waals surface area contributed by atoms with Crippen LogP contribution in [0.3, 0.4) is 0 Å². The molecule has 0 aliphatic heterocycles. The number of hydrogen-bond donors (Lipinski definition) is 2. The van der Waals surface area contributed by atoms with E-state index in [9.17, 15) is 4.79 Å². The van der Waals surface area contributed by atoms with Gasteiger partial charge in [-0.1, -0.05) is 40.2 Å². The Balaban J connectivity index is 1.59. The number of halogens is 1. The van der Waals surface area contributed by atoms with Gasteiger partial charge in [-0.2, -0.15) is 0 Å². The van der Waals surface area contributed by atoms with Gasteiger partial charge in [0, 0.05) is 10.0 Å². The minimum absolute atomic E-state index is 0.193. The molecule has 0 saturated heterocycles. The van der Waals surface area contributed by atoms with Crippen LogP contribution in [-0.4, -0.2) is 23.1 Å². The van der Waals surface area contributed by atoms with Gasteiger partial charge in [0.05, 0.1) is 28.6 Å². The lowest BCUT2D eigenvalue weighted by Gasteiger charge is -2.14. The van der Waals surface area contributed by atoms with Gasteiger partial charge in [-0.3, -0.25) is 10.1 Å². The summed E-state index contributed by atoms with van der Waals surface area (Å²) < 4.78 is 7.40. The number of rotatable bonds is 4. The number of methoxy groups -OCH3 is 1. The minimum Gasteiger partial charge on any atom is -0.496 e. The SMILES string of the molecule is COc1c(C)cccc1C(=O)NC(=S)Nc1ccc(Br)cc1-c1nc2ccccc2s1. The Morgan fingerprint density at radius 2 is 1.94 bits per heavy atom. The van der Waals surface area contributed by atoms with Gasteiger partial charge in [-0.15, -0.1) is 11.3 Å². The number of anilines is 1. The lowest BCUT2D eigenvalue weighted by Crippen LogP contribution is -2.34. The van der Waals surface area contributed by atoms with Crippen molar-refractivity contribution in [3.8, 4) is 16.3 Å². The van der Waals surface area contributed by atoms with Crippen LogP contribution in [0.15, 0.2) is 65.1 Å². The third-order valence-electron chi connectivity index (χ3n) is 4.64. The zero-order valence-electron chi connectivity index (χ0n) is 16.7. The summed E-state index contributed by atoms with van der Waals surface area (Å²) in [6, 6.07) is 19.2. The highest BCUT2D eigenvalue weighted by Gasteiger charge is 2.17. The van der Waals surface area contributed by atoms with Gasteiger partial charge in [0.1, 0.15) is 10.8 Å². The molecule has 4 rings (SSSR count). The van der Waals surface area contributed by atoms with Crippen LogP contribution in [0.2, 0.25) is 0 Å². The van der Waals surface area contributed by atoms with Gasteiger partial charge in [-0.05, 0) is 61.1 Å². The highest BCUT2D eigenvalue weighted by atomic mass is 79.9. The Hall–Kier alpha value is -2.81. The van der Waals surface area contributed by atoms with E-state index in [-0.39, 0.29) is 11.0 Å². The summed E-state index contributed by atoms with van der Waals surface area (Å²) in [6.07, 6.45) is 0. The average molecular weight is 512 g/mol. The van der Waals surface area contributed by atoms with E-state index in [4.69, 9.17) is 21.9 Å². The van der Waals surface area contributed by atoms with Crippen LogP contribution in [0, 0.1) is 6.92 Å². The first-order valence-electron chi connectivity index (χ1n) is 9.37. The second-order valence-corrected chi connectivity index (χ2v) is 9.10. The number of aryl methyl sites for hydroxylation is 1. The van der Waals surface area contributed by atoms with Gasteiger partial charge in [0.25, 0.3) is 5.91 Å². The molecule has 5 nitrogen and oxygen atoms in total. The molecule has 0 aliphatic carbocycles. The molecule has 0 unspecified atom stereocenters. The standard InChI is InChI=1S/C23H18BrN3O2S2/c1-13-6-5-7-15(20(13)29-2)21(28)27-23(30)26-17-11-10-14(24)12-16(17)22-25-18-8-3-4-9-19(18)31-22/h3-12H,1-2H3,(H2,26,27,28,30). The second kappa shape index (κ2) is 9.13. The number of aromatic nitrogens is 1. The lowest BCUT2D eigenvalue weighted by molar-refractivity contribution is 0.0974. The van der Waals surface area contributed by atoms with Gasteiger partial charge >= 0.3 is 0 Å². The summed E-state index contributed by atoms with van der Waals surface area (Å²) >= 11 is 10.5. The van der Waals surface area contributed by atoms with Crippen molar-refractivity contribution in [3.05, 3.63) is 76.3 Å². The minimum atomic E-state index is -0.336. The predicted molar refractivity (Wildman–Crippen MR) is 134 cm³/mol. The second-order valence-electron chi connectivity index (χ2n) is 6.74. The number of para-hydroxylation sites is 2. The molecule has 3 aromatic carbocycles. The van der Waals surface area contributed by atoms with Crippen molar-refractivity contribution in [1.82, 2.24) is 10.3 Å². The Morgan fingerprint density at radius 1 is 1.13 bits per heavy atom. The van der Waals surface area contributed by atoms with Gasteiger partial charge in [0.2, 0.25) is 0 Å². The Kier molecular flexibility index (Phi) is 6.31. The maximum atomic E-state index is 12.8. The Morgan fingerprint density at radius 3 is 2.71 bits per heavy atom. The largest absolute Gasteiger partial charge is 0.496 e. The van der Waals surface area contributed by atoms with E-state index < -0.39 is 0 Å². The molecule has 0 spiro atoms. The van der Waals surface area contributed by atoms with Gasteiger partial charge < -0.3 is 10.1 Å². The molecular formula is C23H18BrN3O2S2. The summed E-state index contributed by atoms with van der Waals surface area (Å²) in [5, 5.41) is 6.93. The molecule has 0 aliphatic rings. The summed E-state index contributed by atoms with van der Waals surface area (Å²) in [5.41, 5.74) is 3.88. The van der Waals surface area contributed by atoms with Gasteiger partial charge in [-0.25, -0.2) is 4.98 Å². The average Bonchev–Trinajstić information content (AvgIpc) is 3.18. The van der Waals surface area contributed by atoms with Crippen molar-refractivity contribution >= 4 is 66.4 Å². The topological polar surface area (TPSA) is 63.2 Å². The van der Waals surface area contributed by atoms with Crippen LogP contribution in [0.4, 0.5) is 5.69 Å². The summed E-state index contributed by atoms with van der Waals surface area (Å²) in [5.74, 6) is 0.193. The number of ether oxygens (including phenoxy) is 1. The van der Waals surface area contributed by atoms with Crippen molar-refractivity contribution < 1.29 is 9.53 Å². The van der Waals surface area contributed by atoms with E-state index in [1.807, 2.05) is 61.5 Å². The molecule has 4 aromatic rings. The van der Waals surface area contributed by atoms with E-state index in [1.54, 1.807) is 24.5 Å². The van der Waals surface area contributed by atoms with Crippen LogP contribution in [-0.2, 0) is 0 Å². The van der Waals surface area contributed by atoms with E-state index in [0.717, 1.165) is 36.5 Å². The number of benzene rings is 3. The number of nitrogens with one attached hydrogen (secondary N) is 2. The fraction of sp³-hybridized carbons (Fsp3) is 0.0870. The number of thiocarbonyl (C=S) groups is 1. The number of nitrogens with zero attached hydrogens (tertiary/aromatic N) is 1. The maximum absolute atomic E-state index is 12.8. The zero-order valence-corrected chi connectivity index (χ0v) is 20.0. The molecule has 0 bridgehead atoms. The Bertz CT molecular complexity index is 1270. The number of carbonyl (C=O) groups is 1. The first-order chi connectivity index (χ1) is 15.0. The number of amides is 1. The van der Waals surface area contributed by atoms with Crippen molar-refractivity contribution in [2.24, 2.45) is 0 Å². The summed E-state index contributed by atoms with van der Waals surface area (Å²) in [6.45, 7) is 1.89. The summed E-state index contributed by atoms with van der Waals surface area (Å²) in [7, 11) is 1.54. The monoisotopic (exact) mass is 511 g/mol. The molecule has 31 heavy (non-hydrogen) atoms. The third kappa shape index (κ3) is 4.61. The molecule has 1 heterocycles. The molecule has 8 heteroatoms. The Labute approximate surface area is 197 Å². The van der Waals surface area contributed by atoms with Crippen molar-refractivity contribution in [3.63, 3.8) is 0 Å². The molecule has 0 saturated carbocycles. The van der Waals surface area contributed by atoms with E-state index in [0.29, 0.717) is 11.3 Å². The predicted octanol–water partition coefficient (Wildman–Crippen LogP) is 6.17. The van der Waals surface area contributed by atoms with Crippen molar-refractivity contribution in [2.45, 2.75) is 6.92 Å². The van der Waals surface area contributed by atoms with Crippen LogP contribution >= 0.6 is 39.5 Å². The molecule has 0 atom stereocenters. The normalized spacial score (nSPS) is 10.7. The van der Waals surface area contributed by atoms with Crippen LogP contribution in [0.5, 0.6) is 5.75 Å². The highest BCUT2D eigenvalue weighted by Crippen LogP contribution is 2.36.